The van der Waals surface area contributed by atoms with Crippen molar-refractivity contribution in [3.63, 3.8) is 0 Å². The van der Waals surface area contributed by atoms with E-state index in [1.807, 2.05) is 41.3 Å². The van der Waals surface area contributed by atoms with Gasteiger partial charge in [-0.2, -0.15) is 0 Å². The summed E-state index contributed by atoms with van der Waals surface area (Å²) in [6, 6.07) is 14.1. The van der Waals surface area contributed by atoms with Crippen LogP contribution in [0, 0.1) is 5.41 Å². The first-order valence-electron chi connectivity index (χ1n) is 8.64. The molecule has 1 aliphatic heterocycles. The topological polar surface area (TPSA) is 40.5 Å². The lowest BCUT2D eigenvalue weighted by Crippen LogP contribution is -2.49. The number of hydrogen-bond donors (Lipinski definition) is 1. The Morgan fingerprint density at radius 1 is 1.09 bits per heavy atom. The van der Waals surface area contributed by atoms with E-state index in [0.29, 0.717) is 6.54 Å². The number of fused-ring (bicyclic) bond motifs is 1. The maximum Gasteiger partial charge on any atom is 0.253 e. The maximum atomic E-state index is 12.9. The van der Waals surface area contributed by atoms with E-state index >= 15 is 0 Å². The molecule has 1 saturated heterocycles. The predicted octanol–water partition coefficient (Wildman–Crippen LogP) is 3.61. The number of piperidine rings is 1. The molecule has 2 aliphatic rings. The van der Waals surface area contributed by atoms with Crippen LogP contribution in [0.1, 0.15) is 42.5 Å². The molecule has 1 heterocycles. The van der Waals surface area contributed by atoms with Crippen molar-refractivity contribution in [3.05, 3.63) is 48.0 Å². The second-order valence-electron chi connectivity index (χ2n) is 7.16. The number of carbonyl (C=O) groups is 1. The summed E-state index contributed by atoms with van der Waals surface area (Å²) in [6.07, 6.45) is 4.83. The van der Waals surface area contributed by atoms with Crippen LogP contribution in [0.4, 0.5) is 0 Å². The second-order valence-corrected chi connectivity index (χ2v) is 7.16. The van der Waals surface area contributed by atoms with Gasteiger partial charge >= 0.3 is 0 Å². The highest BCUT2D eigenvalue weighted by atomic mass is 16.3. The standard InChI is InChI=1S/C20H23NO2/c22-18-7-3-10-20(18)11-4-12-21(14-20)19(23)17-9-8-15-5-1-2-6-16(15)13-17/h1-2,5-6,8-9,13,18,22H,3-4,7,10-12,14H2/t18-,20+/m1/s1. The molecule has 23 heavy (non-hydrogen) atoms. The van der Waals surface area contributed by atoms with Crippen molar-refractivity contribution in [3.8, 4) is 0 Å². The molecular weight excluding hydrogens is 286 g/mol. The molecule has 1 saturated carbocycles. The number of hydrogen-bond acceptors (Lipinski definition) is 2. The third kappa shape index (κ3) is 2.53. The van der Waals surface area contributed by atoms with Crippen LogP contribution in [0.5, 0.6) is 0 Å². The Balaban J connectivity index is 1.60. The Morgan fingerprint density at radius 2 is 1.87 bits per heavy atom. The largest absolute Gasteiger partial charge is 0.392 e. The SMILES string of the molecule is O=C(c1ccc2ccccc2c1)N1CCC[C@@]2(CCC[C@H]2O)C1. The normalized spacial score (nSPS) is 27.7. The lowest BCUT2D eigenvalue weighted by Gasteiger charge is -2.42. The Labute approximate surface area is 136 Å². The first-order chi connectivity index (χ1) is 11.2. The molecular formula is C20H23NO2. The average Bonchev–Trinajstić information content (AvgIpc) is 2.93. The minimum absolute atomic E-state index is 0.0508. The molecule has 2 atom stereocenters. The highest BCUT2D eigenvalue weighted by molar-refractivity contribution is 5.98. The van der Waals surface area contributed by atoms with Crippen LogP contribution in [0.15, 0.2) is 42.5 Å². The quantitative estimate of drug-likeness (QED) is 0.874. The number of rotatable bonds is 1. The Morgan fingerprint density at radius 3 is 2.65 bits per heavy atom. The van der Waals surface area contributed by atoms with Crippen LogP contribution >= 0.6 is 0 Å². The summed E-state index contributed by atoms with van der Waals surface area (Å²) in [7, 11) is 0. The lowest BCUT2D eigenvalue weighted by atomic mass is 9.76. The minimum atomic E-state index is -0.241. The van der Waals surface area contributed by atoms with Gasteiger partial charge in [-0.1, -0.05) is 36.8 Å². The first kappa shape index (κ1) is 14.7. The number of aliphatic hydroxyl groups excluding tert-OH is 1. The Kier molecular flexibility index (Phi) is 3.61. The fourth-order valence-electron chi connectivity index (χ4n) is 4.43. The third-order valence-electron chi connectivity index (χ3n) is 5.75. The van der Waals surface area contributed by atoms with Gasteiger partial charge < -0.3 is 10.0 Å². The molecule has 3 heteroatoms. The molecule has 1 amide bonds. The van der Waals surface area contributed by atoms with Crippen molar-refractivity contribution in [1.29, 1.82) is 0 Å². The summed E-state index contributed by atoms with van der Waals surface area (Å²) in [5, 5.41) is 12.6. The number of likely N-dealkylation sites (tertiary alicyclic amines) is 1. The van der Waals surface area contributed by atoms with Crippen LogP contribution < -0.4 is 0 Å². The van der Waals surface area contributed by atoms with E-state index in [0.717, 1.165) is 55.0 Å². The van der Waals surface area contributed by atoms with E-state index < -0.39 is 0 Å². The highest BCUT2D eigenvalue weighted by Gasteiger charge is 2.45. The zero-order chi connectivity index (χ0) is 15.9. The Bertz CT molecular complexity index is 741. The smallest absolute Gasteiger partial charge is 0.253 e. The molecule has 2 aromatic rings. The van der Waals surface area contributed by atoms with Gasteiger partial charge in [-0.05, 0) is 48.6 Å². The van der Waals surface area contributed by atoms with Gasteiger partial charge in [-0.25, -0.2) is 0 Å². The zero-order valence-electron chi connectivity index (χ0n) is 13.4. The van der Waals surface area contributed by atoms with Crippen molar-refractivity contribution in [2.75, 3.05) is 13.1 Å². The molecule has 0 radical (unpaired) electrons. The van der Waals surface area contributed by atoms with Gasteiger partial charge in [-0.3, -0.25) is 4.79 Å². The van der Waals surface area contributed by atoms with Crippen LogP contribution in [0.25, 0.3) is 10.8 Å². The number of amides is 1. The van der Waals surface area contributed by atoms with Crippen LogP contribution in [-0.2, 0) is 0 Å². The van der Waals surface area contributed by atoms with Crippen molar-refractivity contribution in [2.24, 2.45) is 5.41 Å². The van der Waals surface area contributed by atoms with Gasteiger partial charge in [0.1, 0.15) is 0 Å². The number of aliphatic hydroxyl groups is 1. The van der Waals surface area contributed by atoms with Gasteiger partial charge in [0.2, 0.25) is 0 Å². The minimum Gasteiger partial charge on any atom is -0.392 e. The van der Waals surface area contributed by atoms with Crippen molar-refractivity contribution < 1.29 is 9.90 Å². The van der Waals surface area contributed by atoms with Gasteiger partial charge in [0.15, 0.2) is 0 Å². The fourth-order valence-corrected chi connectivity index (χ4v) is 4.43. The Hall–Kier alpha value is -1.87. The van der Waals surface area contributed by atoms with Crippen molar-refractivity contribution in [1.82, 2.24) is 4.90 Å². The number of nitrogens with zero attached hydrogens (tertiary/aromatic N) is 1. The molecule has 0 aromatic heterocycles. The van der Waals surface area contributed by atoms with Crippen LogP contribution in [0.3, 0.4) is 0 Å². The second kappa shape index (κ2) is 5.64. The first-order valence-corrected chi connectivity index (χ1v) is 8.64. The van der Waals surface area contributed by atoms with Crippen molar-refractivity contribution >= 4 is 16.7 Å². The van der Waals surface area contributed by atoms with Crippen LogP contribution in [-0.4, -0.2) is 35.1 Å². The summed E-state index contributed by atoms with van der Waals surface area (Å²) in [5.41, 5.74) is 0.707. The fraction of sp³-hybridized carbons (Fsp3) is 0.450. The molecule has 0 unspecified atom stereocenters. The molecule has 3 nitrogen and oxygen atoms in total. The molecule has 0 bridgehead atoms. The molecule has 1 spiro atoms. The molecule has 120 valence electrons. The van der Waals surface area contributed by atoms with E-state index in [-0.39, 0.29) is 17.4 Å². The van der Waals surface area contributed by atoms with Gasteiger partial charge in [-0.15, -0.1) is 0 Å². The van der Waals surface area contributed by atoms with Gasteiger partial charge in [0.05, 0.1) is 6.10 Å². The average molecular weight is 309 g/mol. The molecule has 4 rings (SSSR count). The molecule has 2 fully saturated rings. The maximum absolute atomic E-state index is 12.9. The number of carbonyl (C=O) groups excluding carboxylic acids is 1. The predicted molar refractivity (Wildman–Crippen MR) is 91.4 cm³/mol. The molecule has 1 N–H and O–H groups in total. The summed E-state index contributed by atoms with van der Waals surface area (Å²) < 4.78 is 0. The van der Waals surface area contributed by atoms with Crippen molar-refractivity contribution in [2.45, 2.75) is 38.2 Å². The van der Waals surface area contributed by atoms with Crippen LogP contribution in [0.2, 0.25) is 0 Å². The number of benzene rings is 2. The van der Waals surface area contributed by atoms with E-state index in [1.54, 1.807) is 0 Å². The van der Waals surface area contributed by atoms with E-state index in [9.17, 15) is 9.90 Å². The summed E-state index contributed by atoms with van der Waals surface area (Å²) >= 11 is 0. The summed E-state index contributed by atoms with van der Waals surface area (Å²) in [5.74, 6) is 0.105. The van der Waals surface area contributed by atoms with E-state index in [4.69, 9.17) is 0 Å². The highest BCUT2D eigenvalue weighted by Crippen LogP contribution is 2.45. The van der Waals surface area contributed by atoms with Gasteiger partial charge in [0, 0.05) is 24.1 Å². The van der Waals surface area contributed by atoms with Gasteiger partial charge in [0.25, 0.3) is 5.91 Å². The molecule has 2 aromatic carbocycles. The summed E-state index contributed by atoms with van der Waals surface area (Å²) in [4.78, 5) is 14.9. The zero-order valence-corrected chi connectivity index (χ0v) is 13.4. The third-order valence-corrected chi connectivity index (χ3v) is 5.75. The summed E-state index contributed by atoms with van der Waals surface area (Å²) in [6.45, 7) is 1.51. The lowest BCUT2D eigenvalue weighted by molar-refractivity contribution is -0.00535. The molecule has 1 aliphatic carbocycles. The van der Waals surface area contributed by atoms with E-state index in [1.165, 1.54) is 0 Å². The monoisotopic (exact) mass is 309 g/mol. The van der Waals surface area contributed by atoms with E-state index in [2.05, 4.69) is 6.07 Å².